The van der Waals surface area contributed by atoms with Crippen LogP contribution in [-0.2, 0) is 4.79 Å². The third-order valence-electron chi connectivity index (χ3n) is 4.78. The van der Waals surface area contributed by atoms with Gasteiger partial charge in [0.2, 0.25) is 0 Å². The lowest BCUT2D eigenvalue weighted by Gasteiger charge is -2.22. The predicted molar refractivity (Wildman–Crippen MR) is 137 cm³/mol. The molecule has 0 radical (unpaired) electrons. The number of nitrogen functional groups attached to an aromatic ring is 1. The fraction of sp³-hybridized carbons (Fsp3) is 0.240. The van der Waals surface area contributed by atoms with Gasteiger partial charge < -0.3 is 20.5 Å². The second-order valence-corrected chi connectivity index (χ2v) is 8.74. The first-order valence-electron chi connectivity index (χ1n) is 11.1. The van der Waals surface area contributed by atoms with E-state index in [-0.39, 0.29) is 11.9 Å². The van der Waals surface area contributed by atoms with Gasteiger partial charge in [-0.15, -0.1) is 11.3 Å². The van der Waals surface area contributed by atoms with Crippen LogP contribution in [0.15, 0.2) is 60.0 Å². The molecule has 0 fully saturated rings. The molecule has 1 atom stereocenters. The maximum absolute atomic E-state index is 13.2. The zero-order valence-electron chi connectivity index (χ0n) is 19.8. The van der Waals surface area contributed by atoms with Crippen LogP contribution in [0.4, 0.5) is 5.69 Å². The minimum atomic E-state index is -0.880. The summed E-state index contributed by atoms with van der Waals surface area (Å²) >= 11 is 1.27. The maximum atomic E-state index is 13.2. The second kappa shape index (κ2) is 11.9. The number of amidine groups is 1. The van der Waals surface area contributed by atoms with E-state index in [1.807, 2.05) is 20.8 Å². The fourth-order valence-corrected chi connectivity index (χ4v) is 3.82. The van der Waals surface area contributed by atoms with Gasteiger partial charge in [0.1, 0.15) is 11.9 Å². The number of nitrogens with two attached hydrogens (primary N) is 1. The van der Waals surface area contributed by atoms with Crippen molar-refractivity contribution >= 4 is 34.7 Å². The topological polar surface area (TPSA) is 139 Å². The average Bonchev–Trinajstić information content (AvgIpc) is 3.37. The molecule has 10 heteroatoms. The number of anilines is 1. The maximum Gasteiger partial charge on any atom is 0.279 e. The lowest BCUT2D eigenvalue weighted by atomic mass is 10.0. The summed E-state index contributed by atoms with van der Waals surface area (Å²) < 4.78 is 11.6. The molecule has 3 aromatic rings. The normalized spacial score (nSPS) is 11.4. The molecule has 35 heavy (non-hydrogen) atoms. The standard InChI is InChI=1S/C25H29N5O4S/c1-4-33-20-14-17(9-12-19(20)34-15(2)3)22(28-18-10-7-16(8-11-18)23(26)27)25(32)30-29-24(31)21-6-5-13-35-21/h5-15,22,28H,4H2,1-3H3,(H3,26,27)(H,29,31)(H,30,32). The largest absolute Gasteiger partial charge is 0.490 e. The van der Waals surface area contributed by atoms with Crippen LogP contribution in [0.5, 0.6) is 11.5 Å². The summed E-state index contributed by atoms with van der Waals surface area (Å²) in [5.74, 6) is 0.137. The molecule has 1 heterocycles. The van der Waals surface area contributed by atoms with Crippen molar-refractivity contribution in [3.05, 3.63) is 76.0 Å². The van der Waals surface area contributed by atoms with E-state index in [2.05, 4.69) is 16.2 Å². The van der Waals surface area contributed by atoms with Gasteiger partial charge in [-0.3, -0.25) is 25.8 Å². The number of hydrogen-bond acceptors (Lipinski definition) is 7. The molecule has 0 spiro atoms. The third kappa shape index (κ3) is 6.97. The van der Waals surface area contributed by atoms with Crippen molar-refractivity contribution in [1.29, 1.82) is 5.41 Å². The van der Waals surface area contributed by atoms with Crippen LogP contribution in [0.25, 0.3) is 0 Å². The smallest absolute Gasteiger partial charge is 0.279 e. The molecule has 0 saturated heterocycles. The zero-order valence-corrected chi connectivity index (χ0v) is 20.6. The summed E-state index contributed by atoms with van der Waals surface area (Å²) in [6, 6.07) is 14.6. The Morgan fingerprint density at radius 2 is 1.80 bits per heavy atom. The minimum absolute atomic E-state index is 0.0514. The Kier molecular flexibility index (Phi) is 8.69. The van der Waals surface area contributed by atoms with E-state index in [1.165, 1.54) is 11.3 Å². The minimum Gasteiger partial charge on any atom is -0.490 e. The number of carbonyl (C=O) groups excluding carboxylic acids is 2. The van der Waals surface area contributed by atoms with Crippen molar-refractivity contribution in [2.75, 3.05) is 11.9 Å². The summed E-state index contributed by atoms with van der Waals surface area (Å²) in [6.45, 7) is 6.13. The summed E-state index contributed by atoms with van der Waals surface area (Å²) in [6.07, 6.45) is -0.0514. The highest BCUT2D eigenvalue weighted by Crippen LogP contribution is 2.32. The average molecular weight is 496 g/mol. The van der Waals surface area contributed by atoms with Crippen LogP contribution in [0.1, 0.15) is 47.6 Å². The van der Waals surface area contributed by atoms with E-state index in [0.29, 0.717) is 39.8 Å². The highest BCUT2D eigenvalue weighted by atomic mass is 32.1. The number of nitrogens with one attached hydrogen (secondary N) is 4. The molecule has 1 unspecified atom stereocenters. The Morgan fingerprint density at radius 1 is 1.06 bits per heavy atom. The monoisotopic (exact) mass is 495 g/mol. The molecule has 0 saturated carbocycles. The molecule has 2 amide bonds. The number of carbonyl (C=O) groups is 2. The van der Waals surface area contributed by atoms with Crippen molar-refractivity contribution < 1.29 is 19.1 Å². The summed E-state index contributed by atoms with van der Waals surface area (Å²) in [5, 5.41) is 12.5. The molecular weight excluding hydrogens is 466 g/mol. The van der Waals surface area contributed by atoms with Crippen LogP contribution in [0.3, 0.4) is 0 Å². The number of hydrazine groups is 1. The van der Waals surface area contributed by atoms with Gasteiger partial charge in [-0.1, -0.05) is 12.1 Å². The van der Waals surface area contributed by atoms with Gasteiger partial charge in [-0.25, -0.2) is 0 Å². The summed E-state index contributed by atoms with van der Waals surface area (Å²) in [5.41, 5.74) is 12.3. The van der Waals surface area contributed by atoms with Gasteiger partial charge in [-0.05, 0) is 74.2 Å². The highest BCUT2D eigenvalue weighted by molar-refractivity contribution is 7.12. The lowest BCUT2D eigenvalue weighted by molar-refractivity contribution is -0.122. The molecule has 3 rings (SSSR count). The molecule has 0 bridgehead atoms. The molecule has 1 aromatic heterocycles. The quantitative estimate of drug-likeness (QED) is 0.165. The number of ether oxygens (including phenoxy) is 2. The molecule has 0 aliphatic carbocycles. The Bertz CT molecular complexity index is 1160. The van der Waals surface area contributed by atoms with Gasteiger partial charge in [0.25, 0.3) is 11.8 Å². The molecule has 0 aliphatic heterocycles. The number of benzene rings is 2. The first kappa shape index (κ1) is 25.6. The predicted octanol–water partition coefficient (Wildman–Crippen LogP) is 3.83. The van der Waals surface area contributed by atoms with E-state index in [1.54, 1.807) is 60.0 Å². The van der Waals surface area contributed by atoms with Crippen LogP contribution in [-0.4, -0.2) is 30.4 Å². The number of amides is 2. The fourth-order valence-electron chi connectivity index (χ4n) is 3.20. The third-order valence-corrected chi connectivity index (χ3v) is 5.65. The molecule has 184 valence electrons. The van der Waals surface area contributed by atoms with Crippen molar-refractivity contribution in [2.45, 2.75) is 32.9 Å². The van der Waals surface area contributed by atoms with Crippen molar-refractivity contribution in [2.24, 2.45) is 5.73 Å². The SMILES string of the molecule is CCOc1cc(C(Nc2ccc(C(=N)N)cc2)C(=O)NNC(=O)c2cccs2)ccc1OC(C)C. The van der Waals surface area contributed by atoms with Gasteiger partial charge >= 0.3 is 0 Å². The Hall–Kier alpha value is -4.05. The first-order chi connectivity index (χ1) is 16.8. The van der Waals surface area contributed by atoms with Crippen LogP contribution in [0, 0.1) is 5.41 Å². The second-order valence-electron chi connectivity index (χ2n) is 7.79. The van der Waals surface area contributed by atoms with E-state index in [0.717, 1.165) is 0 Å². The molecule has 0 aliphatic rings. The Morgan fingerprint density at radius 3 is 2.40 bits per heavy atom. The van der Waals surface area contributed by atoms with Crippen molar-refractivity contribution in [3.8, 4) is 11.5 Å². The van der Waals surface area contributed by atoms with Gasteiger partial charge in [0.15, 0.2) is 11.5 Å². The van der Waals surface area contributed by atoms with Crippen LogP contribution in [0.2, 0.25) is 0 Å². The van der Waals surface area contributed by atoms with Gasteiger partial charge in [0.05, 0.1) is 17.6 Å². The lowest BCUT2D eigenvalue weighted by Crippen LogP contribution is -2.45. The molecular formula is C25H29N5O4S. The van der Waals surface area contributed by atoms with Gasteiger partial charge in [-0.2, -0.15) is 0 Å². The number of rotatable bonds is 10. The zero-order chi connectivity index (χ0) is 25.4. The highest BCUT2D eigenvalue weighted by Gasteiger charge is 2.23. The molecule has 2 aromatic carbocycles. The van der Waals surface area contributed by atoms with Crippen molar-refractivity contribution in [1.82, 2.24) is 10.9 Å². The molecule has 9 nitrogen and oxygen atoms in total. The Labute approximate surface area is 208 Å². The first-order valence-corrected chi connectivity index (χ1v) is 11.9. The number of thiophene rings is 1. The summed E-state index contributed by atoms with van der Waals surface area (Å²) in [7, 11) is 0. The number of hydrogen-bond donors (Lipinski definition) is 5. The van der Waals surface area contributed by atoms with Gasteiger partial charge in [0, 0.05) is 11.3 Å². The van der Waals surface area contributed by atoms with Crippen LogP contribution >= 0.6 is 11.3 Å². The van der Waals surface area contributed by atoms with E-state index in [4.69, 9.17) is 20.6 Å². The van der Waals surface area contributed by atoms with E-state index >= 15 is 0 Å². The molecule has 6 N–H and O–H groups in total. The Balaban J connectivity index is 1.88. The van der Waals surface area contributed by atoms with Crippen molar-refractivity contribution in [3.63, 3.8) is 0 Å². The van der Waals surface area contributed by atoms with E-state index in [9.17, 15) is 9.59 Å². The van der Waals surface area contributed by atoms with Crippen LogP contribution < -0.4 is 31.4 Å². The van der Waals surface area contributed by atoms with E-state index < -0.39 is 17.9 Å². The summed E-state index contributed by atoms with van der Waals surface area (Å²) in [4.78, 5) is 26.0.